The molecule has 0 aromatic heterocycles. The molecule has 0 unspecified atom stereocenters. The van der Waals surface area contributed by atoms with E-state index in [2.05, 4.69) is 4.90 Å². The van der Waals surface area contributed by atoms with E-state index < -0.39 is 0 Å². The van der Waals surface area contributed by atoms with Gasteiger partial charge in [-0.1, -0.05) is 42.0 Å². The minimum Gasteiger partial charge on any atom is -0.478 e. The first-order valence-electron chi connectivity index (χ1n) is 10.2. The van der Waals surface area contributed by atoms with Crippen LogP contribution in [-0.2, 0) is 13.1 Å². The summed E-state index contributed by atoms with van der Waals surface area (Å²) in [5.41, 5.74) is 5.39. The van der Waals surface area contributed by atoms with Gasteiger partial charge < -0.3 is 9.47 Å². The number of carbonyl (C=O) groups is 1. The number of ether oxygens (including phenoxy) is 2. The Balaban J connectivity index is 1.45. The Hall–Kier alpha value is -3.44. The molecule has 0 N–H and O–H groups in total. The SMILES string of the molecule is Cc1ccc(/C=C2\Oc3c4c(cc(C)c3C2=O)OCN(Cc2ccc(F)cc2)C4)cc1. The summed E-state index contributed by atoms with van der Waals surface area (Å²) in [7, 11) is 0. The molecule has 5 rings (SSSR count). The molecular weight excluding hydrogens is 393 g/mol. The topological polar surface area (TPSA) is 38.8 Å². The molecule has 0 radical (unpaired) electrons. The van der Waals surface area contributed by atoms with Crippen LogP contribution < -0.4 is 9.47 Å². The highest BCUT2D eigenvalue weighted by Crippen LogP contribution is 2.44. The van der Waals surface area contributed by atoms with E-state index >= 15 is 0 Å². The van der Waals surface area contributed by atoms with Crippen molar-refractivity contribution in [1.82, 2.24) is 4.90 Å². The molecule has 3 aromatic carbocycles. The summed E-state index contributed by atoms with van der Waals surface area (Å²) in [6, 6.07) is 16.3. The second-order valence-corrected chi connectivity index (χ2v) is 8.11. The Bertz CT molecular complexity index is 1200. The smallest absolute Gasteiger partial charge is 0.232 e. The van der Waals surface area contributed by atoms with Crippen molar-refractivity contribution in [3.05, 3.63) is 99.6 Å². The van der Waals surface area contributed by atoms with E-state index in [1.54, 1.807) is 18.2 Å². The number of benzene rings is 3. The molecule has 156 valence electrons. The lowest BCUT2D eigenvalue weighted by molar-refractivity contribution is 0.0872. The van der Waals surface area contributed by atoms with Crippen molar-refractivity contribution in [2.75, 3.05) is 6.73 Å². The van der Waals surface area contributed by atoms with E-state index in [-0.39, 0.29) is 11.6 Å². The summed E-state index contributed by atoms with van der Waals surface area (Å²) in [4.78, 5) is 15.2. The van der Waals surface area contributed by atoms with Gasteiger partial charge in [0.2, 0.25) is 5.78 Å². The number of ketones is 1. The average molecular weight is 415 g/mol. The van der Waals surface area contributed by atoms with Crippen molar-refractivity contribution in [2.45, 2.75) is 26.9 Å². The van der Waals surface area contributed by atoms with E-state index in [0.717, 1.165) is 33.6 Å². The van der Waals surface area contributed by atoms with Crippen molar-refractivity contribution in [3.8, 4) is 11.5 Å². The van der Waals surface area contributed by atoms with Gasteiger partial charge in [0.05, 0.1) is 11.1 Å². The van der Waals surface area contributed by atoms with E-state index in [1.165, 1.54) is 12.1 Å². The zero-order chi connectivity index (χ0) is 21.5. The first-order chi connectivity index (χ1) is 15.0. The van der Waals surface area contributed by atoms with Crippen LogP contribution in [0.4, 0.5) is 4.39 Å². The second kappa shape index (κ2) is 7.67. The first-order valence-corrected chi connectivity index (χ1v) is 10.2. The number of rotatable bonds is 3. The van der Waals surface area contributed by atoms with Gasteiger partial charge in [0.1, 0.15) is 24.0 Å². The number of nitrogens with zero attached hydrogens (tertiary/aromatic N) is 1. The fourth-order valence-corrected chi connectivity index (χ4v) is 4.04. The van der Waals surface area contributed by atoms with Crippen molar-refractivity contribution in [3.63, 3.8) is 0 Å². The molecule has 2 aliphatic heterocycles. The van der Waals surface area contributed by atoms with E-state index in [9.17, 15) is 9.18 Å². The Morgan fingerprint density at radius 3 is 2.55 bits per heavy atom. The quantitative estimate of drug-likeness (QED) is 0.536. The maximum atomic E-state index is 13.2. The normalized spacial score (nSPS) is 16.6. The molecule has 2 heterocycles. The Kier molecular flexibility index (Phi) is 4.83. The average Bonchev–Trinajstić information content (AvgIpc) is 3.09. The van der Waals surface area contributed by atoms with Crippen LogP contribution in [0.15, 0.2) is 60.4 Å². The van der Waals surface area contributed by atoms with Gasteiger partial charge >= 0.3 is 0 Å². The minimum atomic E-state index is -0.253. The molecule has 0 fully saturated rings. The zero-order valence-electron chi connectivity index (χ0n) is 17.4. The van der Waals surface area contributed by atoms with Crippen LogP contribution in [-0.4, -0.2) is 17.4 Å². The van der Waals surface area contributed by atoms with Gasteiger partial charge in [0.15, 0.2) is 5.76 Å². The summed E-state index contributed by atoms with van der Waals surface area (Å²) in [6.45, 7) is 5.55. The minimum absolute atomic E-state index is 0.105. The number of hydrogen-bond acceptors (Lipinski definition) is 4. The zero-order valence-corrected chi connectivity index (χ0v) is 17.4. The van der Waals surface area contributed by atoms with Crippen molar-refractivity contribution in [1.29, 1.82) is 0 Å². The highest BCUT2D eigenvalue weighted by atomic mass is 19.1. The number of hydrogen-bond donors (Lipinski definition) is 0. The fourth-order valence-electron chi connectivity index (χ4n) is 4.04. The Labute approximate surface area is 180 Å². The van der Waals surface area contributed by atoms with E-state index in [0.29, 0.717) is 36.9 Å². The van der Waals surface area contributed by atoms with Crippen molar-refractivity contribution in [2.24, 2.45) is 0 Å². The summed E-state index contributed by atoms with van der Waals surface area (Å²) < 4.78 is 25.3. The molecule has 2 aliphatic rings. The van der Waals surface area contributed by atoms with Crippen molar-refractivity contribution >= 4 is 11.9 Å². The lowest BCUT2D eigenvalue weighted by Crippen LogP contribution is -2.31. The largest absolute Gasteiger partial charge is 0.478 e. The van der Waals surface area contributed by atoms with Gasteiger partial charge in [-0.3, -0.25) is 9.69 Å². The molecule has 5 heteroatoms. The molecule has 0 amide bonds. The van der Waals surface area contributed by atoms with Crippen molar-refractivity contribution < 1.29 is 18.7 Å². The van der Waals surface area contributed by atoms with Gasteiger partial charge in [-0.05, 0) is 54.8 Å². The molecule has 0 saturated heterocycles. The lowest BCUT2D eigenvalue weighted by atomic mass is 9.98. The molecule has 4 nitrogen and oxygen atoms in total. The van der Waals surface area contributed by atoms with Crippen LogP contribution in [0, 0.1) is 19.7 Å². The third-order valence-electron chi connectivity index (χ3n) is 5.68. The number of fused-ring (bicyclic) bond motifs is 3. The van der Waals surface area contributed by atoms with Crippen LogP contribution in [0.5, 0.6) is 11.5 Å². The second-order valence-electron chi connectivity index (χ2n) is 8.11. The van der Waals surface area contributed by atoms with Gasteiger partial charge in [0, 0.05) is 13.1 Å². The van der Waals surface area contributed by atoms with Crippen LogP contribution >= 0.6 is 0 Å². The van der Waals surface area contributed by atoms with Gasteiger partial charge in [-0.2, -0.15) is 0 Å². The van der Waals surface area contributed by atoms with Crippen LogP contribution in [0.25, 0.3) is 6.08 Å². The summed E-state index contributed by atoms with van der Waals surface area (Å²) >= 11 is 0. The Morgan fingerprint density at radius 2 is 1.81 bits per heavy atom. The monoisotopic (exact) mass is 415 g/mol. The van der Waals surface area contributed by atoms with Crippen LogP contribution in [0.1, 0.15) is 38.2 Å². The number of allylic oxidation sites excluding steroid dienone is 1. The highest BCUT2D eigenvalue weighted by molar-refractivity contribution is 6.15. The van der Waals surface area contributed by atoms with E-state index in [1.807, 2.05) is 44.2 Å². The predicted octanol–water partition coefficient (Wildman–Crippen LogP) is 5.41. The predicted molar refractivity (Wildman–Crippen MR) is 116 cm³/mol. The molecule has 0 aliphatic carbocycles. The van der Waals surface area contributed by atoms with Gasteiger partial charge in [-0.25, -0.2) is 4.39 Å². The third-order valence-corrected chi connectivity index (χ3v) is 5.68. The number of Topliss-reactive ketones (excluding diaryl/α,β-unsaturated/α-hetero) is 1. The first kappa shape index (κ1) is 19.5. The molecule has 0 bridgehead atoms. The van der Waals surface area contributed by atoms with Crippen LogP contribution in [0.2, 0.25) is 0 Å². The fraction of sp³-hybridized carbons (Fsp3) is 0.192. The molecule has 0 spiro atoms. The third kappa shape index (κ3) is 3.73. The maximum absolute atomic E-state index is 13.2. The van der Waals surface area contributed by atoms with E-state index in [4.69, 9.17) is 9.47 Å². The summed E-state index contributed by atoms with van der Waals surface area (Å²) in [5.74, 6) is 1.30. The maximum Gasteiger partial charge on any atom is 0.232 e. The molecule has 31 heavy (non-hydrogen) atoms. The molecular formula is C26H22FNO3. The summed E-state index contributed by atoms with van der Waals surface area (Å²) in [6.07, 6.45) is 1.79. The molecule has 0 atom stereocenters. The lowest BCUT2D eigenvalue weighted by Gasteiger charge is -2.30. The van der Waals surface area contributed by atoms with Gasteiger partial charge in [-0.15, -0.1) is 0 Å². The number of aryl methyl sites for hydroxylation is 2. The van der Waals surface area contributed by atoms with Gasteiger partial charge in [0.25, 0.3) is 0 Å². The summed E-state index contributed by atoms with van der Waals surface area (Å²) in [5, 5.41) is 0. The number of halogens is 1. The Morgan fingerprint density at radius 1 is 1.06 bits per heavy atom. The highest BCUT2D eigenvalue weighted by Gasteiger charge is 2.35. The molecule has 0 saturated carbocycles. The standard InChI is InChI=1S/C26H22FNO3/c1-16-3-5-18(6-4-16)12-23-25(29)24-17(2)11-22-21(26(24)31-23)14-28(15-30-22)13-19-7-9-20(27)10-8-19/h3-12H,13-15H2,1-2H3/b23-12-. The molecule has 3 aromatic rings. The number of carbonyl (C=O) groups excluding carboxylic acids is 1. The van der Waals surface area contributed by atoms with Crippen LogP contribution in [0.3, 0.4) is 0 Å².